The van der Waals surface area contributed by atoms with Gasteiger partial charge in [0.1, 0.15) is 6.29 Å². The summed E-state index contributed by atoms with van der Waals surface area (Å²) >= 11 is 0. The van der Waals surface area contributed by atoms with E-state index in [2.05, 4.69) is 6.08 Å². The fourth-order valence-corrected chi connectivity index (χ4v) is 1.29. The summed E-state index contributed by atoms with van der Waals surface area (Å²) in [7, 11) is 3.23. The average Bonchev–Trinajstić information content (AvgIpc) is 2.20. The Bertz CT molecular complexity index is 237. The third-order valence-corrected chi connectivity index (χ3v) is 2.16. The van der Waals surface area contributed by atoms with Crippen molar-refractivity contribution in [1.82, 2.24) is 0 Å². The van der Waals surface area contributed by atoms with Crippen LogP contribution in [0.1, 0.15) is 26.7 Å². The molecule has 0 saturated carbocycles. The van der Waals surface area contributed by atoms with Gasteiger partial charge in [-0.15, -0.1) is 0 Å². The molecule has 0 aliphatic heterocycles. The Labute approximate surface area is 91.8 Å². The number of methoxy groups -OCH3 is 2. The van der Waals surface area contributed by atoms with Gasteiger partial charge in [-0.25, -0.2) is 0 Å². The van der Waals surface area contributed by atoms with Crippen molar-refractivity contribution < 1.29 is 14.3 Å². The zero-order chi connectivity index (χ0) is 11.7. The van der Waals surface area contributed by atoms with Crippen LogP contribution in [0.4, 0.5) is 0 Å². The number of ether oxygens (including phenoxy) is 2. The lowest BCUT2D eigenvalue weighted by molar-refractivity contribution is -0.104. The third kappa shape index (κ3) is 6.20. The van der Waals surface area contributed by atoms with Crippen molar-refractivity contribution in [2.45, 2.75) is 33.0 Å². The number of carbonyl (C=O) groups excluding carboxylic acids is 1. The van der Waals surface area contributed by atoms with Gasteiger partial charge < -0.3 is 9.47 Å². The van der Waals surface area contributed by atoms with Crippen LogP contribution in [0.15, 0.2) is 23.3 Å². The van der Waals surface area contributed by atoms with Gasteiger partial charge in [0.25, 0.3) is 0 Å². The van der Waals surface area contributed by atoms with E-state index in [1.165, 1.54) is 0 Å². The summed E-state index contributed by atoms with van der Waals surface area (Å²) in [6, 6.07) is 0. The van der Waals surface area contributed by atoms with Crippen LogP contribution >= 0.6 is 0 Å². The van der Waals surface area contributed by atoms with Crippen LogP contribution in [-0.4, -0.2) is 26.8 Å². The first kappa shape index (κ1) is 14.1. The minimum absolute atomic E-state index is 0.264. The summed E-state index contributed by atoms with van der Waals surface area (Å²) in [5, 5.41) is 0. The molecule has 0 rings (SSSR count). The summed E-state index contributed by atoms with van der Waals surface area (Å²) in [4.78, 5) is 10.2. The van der Waals surface area contributed by atoms with Crippen LogP contribution in [0.25, 0.3) is 0 Å². The van der Waals surface area contributed by atoms with Gasteiger partial charge in [-0.05, 0) is 38.3 Å². The lowest BCUT2D eigenvalue weighted by Gasteiger charge is -2.13. The smallest absolute Gasteiger partial charge is 0.178 e. The molecule has 86 valence electrons. The molecule has 0 heterocycles. The van der Waals surface area contributed by atoms with Crippen molar-refractivity contribution in [1.29, 1.82) is 0 Å². The lowest BCUT2D eigenvalue weighted by atomic mass is 10.1. The zero-order valence-electron chi connectivity index (χ0n) is 9.95. The van der Waals surface area contributed by atoms with Crippen LogP contribution < -0.4 is 0 Å². The van der Waals surface area contributed by atoms with E-state index in [9.17, 15) is 4.79 Å². The minimum Gasteiger partial charge on any atom is -0.352 e. The Morgan fingerprint density at radius 2 is 1.87 bits per heavy atom. The van der Waals surface area contributed by atoms with Gasteiger partial charge in [-0.2, -0.15) is 0 Å². The highest BCUT2D eigenvalue weighted by Gasteiger charge is 2.05. The van der Waals surface area contributed by atoms with Crippen LogP contribution in [0.2, 0.25) is 0 Å². The molecule has 0 unspecified atom stereocenters. The van der Waals surface area contributed by atoms with E-state index in [-0.39, 0.29) is 6.29 Å². The van der Waals surface area contributed by atoms with E-state index in [0.29, 0.717) is 0 Å². The van der Waals surface area contributed by atoms with E-state index in [1.807, 2.05) is 13.8 Å². The molecule has 0 saturated heterocycles. The number of hydrogen-bond acceptors (Lipinski definition) is 3. The second-order valence-electron chi connectivity index (χ2n) is 3.44. The maximum absolute atomic E-state index is 10.2. The van der Waals surface area contributed by atoms with Crippen molar-refractivity contribution in [2.75, 3.05) is 14.2 Å². The van der Waals surface area contributed by atoms with Crippen LogP contribution in [0, 0.1) is 0 Å². The Kier molecular flexibility index (Phi) is 7.86. The summed E-state index contributed by atoms with van der Waals surface area (Å²) < 4.78 is 10.2. The Hall–Kier alpha value is -0.930. The third-order valence-electron chi connectivity index (χ3n) is 2.16. The molecule has 0 aliphatic carbocycles. The molecule has 0 fully saturated rings. The second-order valence-corrected chi connectivity index (χ2v) is 3.44. The van der Waals surface area contributed by atoms with Gasteiger partial charge >= 0.3 is 0 Å². The average molecular weight is 212 g/mol. The molecule has 0 aromatic rings. The van der Waals surface area contributed by atoms with Gasteiger partial charge in [0.15, 0.2) is 6.29 Å². The Morgan fingerprint density at radius 1 is 1.27 bits per heavy atom. The van der Waals surface area contributed by atoms with Crippen molar-refractivity contribution in [2.24, 2.45) is 0 Å². The standard InChI is InChI=1S/C12H20O3/c1-10(8-9-13)6-5-7-11(2)12(14-3)15-4/h7-9,12H,5-6H2,1-4H3/b10-8?,11-7+. The number of allylic oxidation sites excluding steroid dienone is 3. The monoisotopic (exact) mass is 212 g/mol. The first-order valence-electron chi connectivity index (χ1n) is 4.98. The van der Waals surface area contributed by atoms with Crippen LogP contribution in [0.5, 0.6) is 0 Å². The highest BCUT2D eigenvalue weighted by atomic mass is 16.7. The Balaban J connectivity index is 4.05. The summed E-state index contributed by atoms with van der Waals surface area (Å²) in [6.07, 6.45) is 5.99. The minimum atomic E-state index is -0.264. The van der Waals surface area contributed by atoms with Gasteiger partial charge in [-0.3, -0.25) is 4.79 Å². The van der Waals surface area contributed by atoms with Crippen molar-refractivity contribution >= 4 is 6.29 Å². The van der Waals surface area contributed by atoms with Gasteiger partial charge in [-0.1, -0.05) is 11.6 Å². The first-order valence-corrected chi connectivity index (χ1v) is 4.98. The van der Waals surface area contributed by atoms with Crippen LogP contribution in [0.3, 0.4) is 0 Å². The molecule has 0 amide bonds. The highest BCUT2D eigenvalue weighted by Crippen LogP contribution is 2.10. The van der Waals surface area contributed by atoms with E-state index in [0.717, 1.165) is 30.3 Å². The molecule has 0 spiro atoms. The lowest BCUT2D eigenvalue weighted by Crippen LogP contribution is -2.14. The maximum Gasteiger partial charge on any atom is 0.178 e. The van der Waals surface area contributed by atoms with E-state index in [4.69, 9.17) is 9.47 Å². The van der Waals surface area contributed by atoms with Crippen molar-refractivity contribution in [3.05, 3.63) is 23.3 Å². The van der Waals surface area contributed by atoms with Gasteiger partial charge in [0, 0.05) is 14.2 Å². The topological polar surface area (TPSA) is 35.5 Å². The fourth-order valence-electron chi connectivity index (χ4n) is 1.29. The molecule has 0 bridgehead atoms. The fraction of sp³-hybridized carbons (Fsp3) is 0.583. The van der Waals surface area contributed by atoms with Crippen molar-refractivity contribution in [3.63, 3.8) is 0 Å². The largest absolute Gasteiger partial charge is 0.352 e. The number of aldehydes is 1. The molecule has 0 radical (unpaired) electrons. The molecular weight excluding hydrogens is 192 g/mol. The molecule has 3 nitrogen and oxygen atoms in total. The highest BCUT2D eigenvalue weighted by molar-refractivity contribution is 5.65. The predicted octanol–water partition coefficient (Wildman–Crippen LogP) is 2.48. The molecule has 0 aromatic carbocycles. The molecule has 0 atom stereocenters. The van der Waals surface area contributed by atoms with Gasteiger partial charge in [0.05, 0.1) is 0 Å². The second kappa shape index (κ2) is 8.38. The predicted molar refractivity (Wildman–Crippen MR) is 60.6 cm³/mol. The zero-order valence-corrected chi connectivity index (χ0v) is 9.95. The summed E-state index contributed by atoms with van der Waals surface area (Å²) in [6.45, 7) is 3.91. The van der Waals surface area contributed by atoms with Crippen LogP contribution in [-0.2, 0) is 14.3 Å². The number of hydrogen-bond donors (Lipinski definition) is 0. The molecule has 0 aromatic heterocycles. The molecular formula is C12H20O3. The molecule has 0 aliphatic rings. The van der Waals surface area contributed by atoms with E-state index >= 15 is 0 Å². The molecule has 3 heteroatoms. The first-order chi connectivity index (χ1) is 7.15. The summed E-state index contributed by atoms with van der Waals surface area (Å²) in [5.74, 6) is 0. The number of rotatable bonds is 7. The number of carbonyl (C=O) groups is 1. The summed E-state index contributed by atoms with van der Waals surface area (Å²) in [5.41, 5.74) is 2.14. The molecule has 0 N–H and O–H groups in total. The Morgan fingerprint density at radius 3 is 2.33 bits per heavy atom. The maximum atomic E-state index is 10.2. The van der Waals surface area contributed by atoms with E-state index < -0.39 is 0 Å². The SMILES string of the molecule is COC(OC)/C(C)=C/CCC(C)=CC=O. The van der Waals surface area contributed by atoms with Crippen molar-refractivity contribution in [3.8, 4) is 0 Å². The quantitative estimate of drug-likeness (QED) is 0.281. The van der Waals surface area contributed by atoms with Gasteiger partial charge in [0.2, 0.25) is 0 Å². The molecule has 15 heavy (non-hydrogen) atoms. The normalized spacial score (nSPS) is 13.4. The van der Waals surface area contributed by atoms with E-state index in [1.54, 1.807) is 20.3 Å².